The highest BCUT2D eigenvalue weighted by Crippen LogP contribution is 2.30. The molecular formula is C26H35N5O. The van der Waals surface area contributed by atoms with E-state index in [1.54, 1.807) is 6.20 Å². The molecule has 2 saturated heterocycles. The van der Waals surface area contributed by atoms with Crippen LogP contribution in [0.15, 0.2) is 48.8 Å². The molecule has 0 spiro atoms. The van der Waals surface area contributed by atoms with Crippen LogP contribution >= 0.6 is 0 Å². The van der Waals surface area contributed by atoms with Crippen molar-refractivity contribution in [2.45, 2.75) is 32.2 Å². The molecule has 1 N–H and O–H groups in total. The minimum Gasteiger partial charge on any atom is -0.369 e. The van der Waals surface area contributed by atoms with E-state index in [1.807, 2.05) is 18.3 Å². The number of hydrogen-bond acceptors (Lipinski definition) is 5. The van der Waals surface area contributed by atoms with Gasteiger partial charge in [-0.25, -0.2) is 0 Å². The molecule has 32 heavy (non-hydrogen) atoms. The van der Waals surface area contributed by atoms with Crippen molar-refractivity contribution in [3.05, 3.63) is 54.4 Å². The molecule has 1 atom stereocenters. The summed E-state index contributed by atoms with van der Waals surface area (Å²) in [5.74, 6) is 1.14. The van der Waals surface area contributed by atoms with Crippen LogP contribution in [0.2, 0.25) is 0 Å². The summed E-state index contributed by atoms with van der Waals surface area (Å²) in [4.78, 5) is 24.7. The van der Waals surface area contributed by atoms with Gasteiger partial charge in [0.05, 0.1) is 5.92 Å². The smallest absolute Gasteiger partial charge is 0.228 e. The molecule has 2 aromatic rings. The molecule has 1 aliphatic carbocycles. The van der Waals surface area contributed by atoms with Gasteiger partial charge in [0.15, 0.2) is 0 Å². The Kier molecular flexibility index (Phi) is 6.69. The van der Waals surface area contributed by atoms with Gasteiger partial charge in [0, 0.05) is 69.6 Å². The molecule has 1 saturated carbocycles. The van der Waals surface area contributed by atoms with Gasteiger partial charge >= 0.3 is 0 Å². The minimum absolute atomic E-state index is 0.0371. The molecule has 6 nitrogen and oxygen atoms in total. The molecule has 0 radical (unpaired) electrons. The molecule has 3 aliphatic rings. The zero-order chi connectivity index (χ0) is 21.8. The number of carbonyl (C=O) groups excluding carboxylic acids is 1. The number of likely N-dealkylation sites (tertiary alicyclic amines) is 1. The fourth-order valence-corrected chi connectivity index (χ4v) is 5.04. The number of nitrogens with zero attached hydrogens (tertiary/aromatic N) is 4. The maximum Gasteiger partial charge on any atom is 0.228 e. The molecule has 1 amide bonds. The maximum absolute atomic E-state index is 13.0. The number of aromatic nitrogens is 1. The van der Waals surface area contributed by atoms with Crippen LogP contribution in [0.3, 0.4) is 0 Å². The number of rotatable bonds is 7. The van der Waals surface area contributed by atoms with Gasteiger partial charge < -0.3 is 10.2 Å². The molecule has 3 heterocycles. The third-order valence-electron chi connectivity index (χ3n) is 7.07. The number of amides is 1. The van der Waals surface area contributed by atoms with E-state index < -0.39 is 0 Å². The largest absolute Gasteiger partial charge is 0.369 e. The lowest BCUT2D eigenvalue weighted by atomic mass is 9.96. The van der Waals surface area contributed by atoms with Gasteiger partial charge in [0.1, 0.15) is 0 Å². The molecule has 170 valence electrons. The van der Waals surface area contributed by atoms with E-state index in [0.717, 1.165) is 70.3 Å². The van der Waals surface area contributed by atoms with Crippen molar-refractivity contribution in [3.8, 4) is 0 Å². The summed E-state index contributed by atoms with van der Waals surface area (Å²) in [7, 11) is 0. The Balaban J connectivity index is 1.14. The Morgan fingerprint density at radius 2 is 1.88 bits per heavy atom. The van der Waals surface area contributed by atoms with Crippen LogP contribution in [0, 0.1) is 11.8 Å². The Morgan fingerprint density at radius 3 is 2.66 bits per heavy atom. The van der Waals surface area contributed by atoms with Crippen LogP contribution in [-0.2, 0) is 11.3 Å². The van der Waals surface area contributed by atoms with Crippen molar-refractivity contribution in [3.63, 3.8) is 0 Å². The summed E-state index contributed by atoms with van der Waals surface area (Å²) >= 11 is 0. The second-order valence-corrected chi connectivity index (χ2v) is 9.71. The van der Waals surface area contributed by atoms with Crippen LogP contribution in [0.4, 0.5) is 11.4 Å². The number of nitrogens with one attached hydrogen (secondary N) is 1. The Hall–Kier alpha value is -2.44. The molecule has 6 heteroatoms. The zero-order valence-corrected chi connectivity index (χ0v) is 19.0. The summed E-state index contributed by atoms with van der Waals surface area (Å²) in [6.07, 6.45) is 8.58. The maximum atomic E-state index is 13.0. The predicted octanol–water partition coefficient (Wildman–Crippen LogP) is 3.46. The third kappa shape index (κ3) is 5.67. The second-order valence-electron chi connectivity index (χ2n) is 9.71. The highest BCUT2D eigenvalue weighted by atomic mass is 16.1. The third-order valence-corrected chi connectivity index (χ3v) is 7.07. The van der Waals surface area contributed by atoms with Gasteiger partial charge in [0.2, 0.25) is 5.91 Å². The standard InChI is InChI=1S/C26H35N5O/c32-26(23-5-3-11-30(20-23)19-22-4-2-10-27-17-22)28-24-6-1-7-25(16-24)31-14-12-29(13-15-31)18-21-8-9-21/h1-2,4,6-7,10,16-17,21,23H,3,5,8-9,11-15,18-20H2,(H,28,32). The SMILES string of the molecule is O=C(Nc1cccc(N2CCN(CC3CC3)CC2)c1)C1CCCN(Cc2cccnc2)C1. The first-order chi connectivity index (χ1) is 15.7. The molecule has 0 bridgehead atoms. The van der Waals surface area contributed by atoms with Crippen molar-refractivity contribution in [2.24, 2.45) is 11.8 Å². The zero-order valence-electron chi connectivity index (χ0n) is 19.0. The van der Waals surface area contributed by atoms with Crippen molar-refractivity contribution < 1.29 is 4.79 Å². The highest BCUT2D eigenvalue weighted by molar-refractivity contribution is 5.93. The molecule has 3 fully saturated rings. The van der Waals surface area contributed by atoms with Crippen molar-refractivity contribution in [1.82, 2.24) is 14.8 Å². The number of carbonyl (C=O) groups is 1. The van der Waals surface area contributed by atoms with Crippen LogP contribution < -0.4 is 10.2 Å². The Labute approximate surface area is 191 Å². The number of benzene rings is 1. The molecule has 1 unspecified atom stereocenters. The molecule has 5 rings (SSSR count). The Morgan fingerprint density at radius 1 is 1.00 bits per heavy atom. The number of hydrogen-bond donors (Lipinski definition) is 1. The fourth-order valence-electron chi connectivity index (χ4n) is 5.04. The topological polar surface area (TPSA) is 51.7 Å². The van der Waals surface area contributed by atoms with Gasteiger partial charge in [-0.15, -0.1) is 0 Å². The highest BCUT2D eigenvalue weighted by Gasteiger charge is 2.27. The number of piperazine rings is 1. The Bertz CT molecular complexity index is 892. The lowest BCUT2D eigenvalue weighted by molar-refractivity contribution is -0.121. The predicted molar refractivity (Wildman–Crippen MR) is 129 cm³/mol. The monoisotopic (exact) mass is 433 g/mol. The minimum atomic E-state index is 0.0371. The summed E-state index contributed by atoms with van der Waals surface area (Å²) in [6, 6.07) is 12.5. The summed E-state index contributed by atoms with van der Waals surface area (Å²) in [5, 5.41) is 3.20. The van der Waals surface area contributed by atoms with E-state index in [9.17, 15) is 4.79 Å². The first-order valence-corrected chi connectivity index (χ1v) is 12.2. The second kappa shape index (κ2) is 10.0. The quantitative estimate of drug-likeness (QED) is 0.725. The molecule has 1 aromatic heterocycles. The average Bonchev–Trinajstić information content (AvgIpc) is 3.65. The van der Waals surface area contributed by atoms with Crippen LogP contribution in [0.5, 0.6) is 0 Å². The van der Waals surface area contributed by atoms with Crippen LogP contribution in [0.25, 0.3) is 0 Å². The van der Waals surface area contributed by atoms with E-state index in [1.165, 1.54) is 30.6 Å². The number of piperidine rings is 1. The van der Waals surface area contributed by atoms with Crippen LogP contribution in [0.1, 0.15) is 31.2 Å². The van der Waals surface area contributed by atoms with Gasteiger partial charge in [-0.05, 0) is 68.0 Å². The van der Waals surface area contributed by atoms with Gasteiger partial charge in [-0.1, -0.05) is 12.1 Å². The van der Waals surface area contributed by atoms with Crippen LogP contribution in [-0.4, -0.2) is 66.5 Å². The normalized spacial score (nSPS) is 22.6. The van der Waals surface area contributed by atoms with Gasteiger partial charge in [-0.2, -0.15) is 0 Å². The van der Waals surface area contributed by atoms with Crippen molar-refractivity contribution in [1.29, 1.82) is 0 Å². The average molecular weight is 434 g/mol. The van der Waals surface area contributed by atoms with E-state index in [2.05, 4.69) is 49.3 Å². The first-order valence-electron chi connectivity index (χ1n) is 12.2. The van der Waals surface area contributed by atoms with E-state index in [4.69, 9.17) is 0 Å². The lowest BCUT2D eigenvalue weighted by Gasteiger charge is -2.36. The summed E-state index contributed by atoms with van der Waals surface area (Å²) in [5.41, 5.74) is 3.34. The first kappa shape index (κ1) is 21.4. The lowest BCUT2D eigenvalue weighted by Crippen LogP contribution is -2.47. The van der Waals surface area contributed by atoms with Gasteiger partial charge in [-0.3, -0.25) is 19.6 Å². The summed E-state index contributed by atoms with van der Waals surface area (Å²) < 4.78 is 0. The van der Waals surface area contributed by atoms with E-state index in [-0.39, 0.29) is 11.8 Å². The van der Waals surface area contributed by atoms with E-state index in [0.29, 0.717) is 0 Å². The molecular weight excluding hydrogens is 398 g/mol. The summed E-state index contributed by atoms with van der Waals surface area (Å²) in [6.45, 7) is 8.41. The molecule has 1 aromatic carbocycles. The van der Waals surface area contributed by atoms with Crippen molar-refractivity contribution >= 4 is 17.3 Å². The van der Waals surface area contributed by atoms with E-state index >= 15 is 0 Å². The number of anilines is 2. The number of pyridine rings is 1. The van der Waals surface area contributed by atoms with Gasteiger partial charge in [0.25, 0.3) is 0 Å². The molecule has 2 aliphatic heterocycles. The fraction of sp³-hybridized carbons (Fsp3) is 0.538. The van der Waals surface area contributed by atoms with Crippen molar-refractivity contribution in [2.75, 3.05) is 56.0 Å².